The van der Waals surface area contributed by atoms with Crippen molar-refractivity contribution in [1.29, 1.82) is 0 Å². The topological polar surface area (TPSA) is 104 Å². The summed E-state index contributed by atoms with van der Waals surface area (Å²) in [7, 11) is 3.74. The van der Waals surface area contributed by atoms with E-state index in [1.54, 1.807) is 4.90 Å². The smallest absolute Gasteiger partial charge is 0.243 e. The number of aromatic nitrogens is 3. The van der Waals surface area contributed by atoms with E-state index in [4.69, 9.17) is 10.6 Å². The highest BCUT2D eigenvalue weighted by atomic mass is 16.5. The molecule has 1 aromatic heterocycles. The Morgan fingerprint density at radius 1 is 1.20 bits per heavy atom. The van der Waals surface area contributed by atoms with Gasteiger partial charge in [-0.2, -0.15) is 15.0 Å². The zero-order valence-electron chi connectivity index (χ0n) is 12.0. The summed E-state index contributed by atoms with van der Waals surface area (Å²) in [6.07, 6.45) is 0. The number of hydrazine groups is 1. The molecule has 9 heteroatoms. The van der Waals surface area contributed by atoms with Crippen LogP contribution < -0.4 is 21.5 Å². The summed E-state index contributed by atoms with van der Waals surface area (Å²) in [5.74, 6) is 6.78. The third kappa shape index (κ3) is 4.15. The van der Waals surface area contributed by atoms with E-state index in [0.29, 0.717) is 17.8 Å². The standard InChI is InChI=1S/C11H22N8O/c1-18(2)11-15-9(14-10(16-11)17-12)13-3-4-19-5-7-20-8-6-19/h3-8,12H2,1-2H3,(H2,13,14,15,16,17). The largest absolute Gasteiger partial charge is 0.379 e. The maximum Gasteiger partial charge on any atom is 0.243 e. The second kappa shape index (κ2) is 7.17. The Kier molecular flexibility index (Phi) is 5.27. The van der Waals surface area contributed by atoms with Gasteiger partial charge in [-0.15, -0.1) is 0 Å². The lowest BCUT2D eigenvalue weighted by atomic mass is 10.4. The average molecular weight is 282 g/mol. The van der Waals surface area contributed by atoms with Gasteiger partial charge in [-0.3, -0.25) is 10.3 Å². The van der Waals surface area contributed by atoms with E-state index in [9.17, 15) is 0 Å². The number of nitrogens with two attached hydrogens (primary N) is 1. The Balaban J connectivity index is 1.89. The van der Waals surface area contributed by atoms with Crippen LogP contribution in [0, 0.1) is 0 Å². The first-order valence-corrected chi connectivity index (χ1v) is 6.63. The Hall–Kier alpha value is -1.71. The van der Waals surface area contributed by atoms with Crippen LogP contribution >= 0.6 is 0 Å². The minimum absolute atomic E-state index is 0.345. The first-order chi connectivity index (χ1) is 9.69. The SMILES string of the molecule is CN(C)c1nc(NN)nc(NCCN2CCOCC2)n1. The highest BCUT2D eigenvalue weighted by Crippen LogP contribution is 2.10. The molecule has 4 N–H and O–H groups in total. The lowest BCUT2D eigenvalue weighted by Crippen LogP contribution is -2.39. The summed E-state index contributed by atoms with van der Waals surface area (Å²) in [6.45, 7) is 5.24. The number of hydrogen-bond donors (Lipinski definition) is 3. The molecule has 1 aliphatic rings. The minimum Gasteiger partial charge on any atom is -0.379 e. The molecule has 9 nitrogen and oxygen atoms in total. The zero-order chi connectivity index (χ0) is 14.4. The van der Waals surface area contributed by atoms with Gasteiger partial charge in [0.15, 0.2) is 0 Å². The highest BCUT2D eigenvalue weighted by molar-refractivity contribution is 5.42. The summed E-state index contributed by atoms with van der Waals surface area (Å²) < 4.78 is 5.31. The Morgan fingerprint density at radius 2 is 1.90 bits per heavy atom. The van der Waals surface area contributed by atoms with Gasteiger partial charge in [0.1, 0.15) is 0 Å². The van der Waals surface area contributed by atoms with E-state index in [1.165, 1.54) is 0 Å². The van der Waals surface area contributed by atoms with Crippen LogP contribution in [0.4, 0.5) is 17.8 Å². The molecule has 0 unspecified atom stereocenters. The molecule has 2 rings (SSSR count). The maximum absolute atomic E-state index is 5.36. The second-order valence-electron chi connectivity index (χ2n) is 4.70. The zero-order valence-corrected chi connectivity index (χ0v) is 12.0. The van der Waals surface area contributed by atoms with Crippen LogP contribution in [0.15, 0.2) is 0 Å². The summed E-state index contributed by atoms with van der Waals surface area (Å²) in [5, 5.41) is 3.20. The van der Waals surface area contributed by atoms with E-state index in [0.717, 1.165) is 39.4 Å². The molecule has 1 aromatic rings. The summed E-state index contributed by atoms with van der Waals surface area (Å²) in [5.41, 5.74) is 2.45. The Bertz CT molecular complexity index is 421. The number of rotatable bonds is 6. The molecule has 2 heterocycles. The van der Waals surface area contributed by atoms with Crippen LogP contribution in [-0.4, -0.2) is 73.3 Å². The third-order valence-electron chi connectivity index (χ3n) is 2.97. The predicted molar refractivity (Wildman–Crippen MR) is 77.7 cm³/mol. The highest BCUT2D eigenvalue weighted by Gasteiger charge is 2.11. The summed E-state index contributed by atoms with van der Waals surface area (Å²) in [6, 6.07) is 0. The van der Waals surface area contributed by atoms with Crippen molar-refractivity contribution in [2.75, 3.05) is 69.1 Å². The Morgan fingerprint density at radius 3 is 2.55 bits per heavy atom. The molecular weight excluding hydrogens is 260 g/mol. The maximum atomic E-state index is 5.36. The number of nitrogens with one attached hydrogen (secondary N) is 2. The molecule has 112 valence electrons. The Labute approximate surface area is 118 Å². The van der Waals surface area contributed by atoms with E-state index in [2.05, 4.69) is 30.6 Å². The molecule has 0 radical (unpaired) electrons. The molecule has 1 saturated heterocycles. The van der Waals surface area contributed by atoms with Gasteiger partial charge in [0.05, 0.1) is 13.2 Å². The fraction of sp³-hybridized carbons (Fsp3) is 0.727. The van der Waals surface area contributed by atoms with Gasteiger partial charge < -0.3 is 15.0 Å². The molecule has 0 spiro atoms. The number of ether oxygens (including phenoxy) is 1. The number of anilines is 3. The fourth-order valence-corrected chi connectivity index (χ4v) is 1.86. The lowest BCUT2D eigenvalue weighted by molar-refractivity contribution is 0.0398. The van der Waals surface area contributed by atoms with Gasteiger partial charge in [-0.05, 0) is 0 Å². The van der Waals surface area contributed by atoms with E-state index in [-0.39, 0.29) is 0 Å². The second-order valence-corrected chi connectivity index (χ2v) is 4.70. The fourth-order valence-electron chi connectivity index (χ4n) is 1.86. The summed E-state index contributed by atoms with van der Waals surface area (Å²) in [4.78, 5) is 16.8. The van der Waals surface area contributed by atoms with Crippen molar-refractivity contribution >= 4 is 17.8 Å². The third-order valence-corrected chi connectivity index (χ3v) is 2.97. The first-order valence-electron chi connectivity index (χ1n) is 6.63. The van der Waals surface area contributed by atoms with Crippen LogP contribution in [0.2, 0.25) is 0 Å². The van der Waals surface area contributed by atoms with Crippen molar-refractivity contribution in [3.8, 4) is 0 Å². The molecule has 20 heavy (non-hydrogen) atoms. The molecule has 0 bridgehead atoms. The lowest BCUT2D eigenvalue weighted by Gasteiger charge is -2.26. The molecule has 0 aliphatic carbocycles. The van der Waals surface area contributed by atoms with Gasteiger partial charge in [0.25, 0.3) is 0 Å². The number of morpholine rings is 1. The van der Waals surface area contributed by atoms with E-state index in [1.807, 2.05) is 14.1 Å². The molecule has 0 amide bonds. The molecule has 0 saturated carbocycles. The van der Waals surface area contributed by atoms with Crippen LogP contribution in [0.1, 0.15) is 0 Å². The molecular formula is C11H22N8O. The number of hydrogen-bond acceptors (Lipinski definition) is 9. The van der Waals surface area contributed by atoms with Gasteiger partial charge in [0.2, 0.25) is 17.8 Å². The monoisotopic (exact) mass is 282 g/mol. The van der Waals surface area contributed by atoms with Gasteiger partial charge in [-0.25, -0.2) is 5.84 Å². The summed E-state index contributed by atoms with van der Waals surface area (Å²) >= 11 is 0. The van der Waals surface area contributed by atoms with Crippen LogP contribution in [-0.2, 0) is 4.74 Å². The molecule has 1 fully saturated rings. The van der Waals surface area contributed by atoms with Crippen molar-refractivity contribution in [3.05, 3.63) is 0 Å². The molecule has 1 aliphatic heterocycles. The van der Waals surface area contributed by atoms with Crippen molar-refractivity contribution in [2.45, 2.75) is 0 Å². The average Bonchev–Trinajstić information content (AvgIpc) is 2.48. The molecule has 0 aromatic carbocycles. The van der Waals surface area contributed by atoms with E-state index >= 15 is 0 Å². The van der Waals surface area contributed by atoms with Crippen molar-refractivity contribution in [1.82, 2.24) is 19.9 Å². The predicted octanol–water partition coefficient (Wildman–Crippen LogP) is -1.03. The normalized spacial score (nSPS) is 15.9. The van der Waals surface area contributed by atoms with Crippen LogP contribution in [0.5, 0.6) is 0 Å². The van der Waals surface area contributed by atoms with Crippen LogP contribution in [0.3, 0.4) is 0 Å². The molecule has 0 atom stereocenters. The van der Waals surface area contributed by atoms with Crippen LogP contribution in [0.25, 0.3) is 0 Å². The van der Waals surface area contributed by atoms with Crippen molar-refractivity contribution in [2.24, 2.45) is 5.84 Å². The first kappa shape index (κ1) is 14.7. The number of nitrogens with zero attached hydrogens (tertiary/aromatic N) is 5. The van der Waals surface area contributed by atoms with Gasteiger partial charge in [0, 0.05) is 40.3 Å². The quantitative estimate of drug-likeness (QED) is 0.446. The van der Waals surface area contributed by atoms with Gasteiger partial charge in [-0.1, -0.05) is 0 Å². The number of nitrogen functional groups attached to an aromatic ring is 1. The van der Waals surface area contributed by atoms with Crippen molar-refractivity contribution in [3.63, 3.8) is 0 Å². The van der Waals surface area contributed by atoms with Gasteiger partial charge >= 0.3 is 0 Å². The minimum atomic E-state index is 0.345. The van der Waals surface area contributed by atoms with E-state index < -0.39 is 0 Å². The van der Waals surface area contributed by atoms with Crippen molar-refractivity contribution < 1.29 is 4.74 Å².